The number of benzene rings is 2. The molecule has 3 aromatic rings. The highest BCUT2D eigenvalue weighted by Gasteiger charge is 2.35. The largest absolute Gasteiger partial charge is 0.418 e. The fourth-order valence-corrected chi connectivity index (χ4v) is 2.32. The number of aromatic nitrogens is 2. The molecule has 0 aliphatic heterocycles. The zero-order valence-electron chi connectivity index (χ0n) is 12.8. The molecule has 0 fully saturated rings. The zero-order valence-corrected chi connectivity index (χ0v) is 12.8. The van der Waals surface area contributed by atoms with Gasteiger partial charge in [-0.15, -0.1) is 5.10 Å². The lowest BCUT2D eigenvalue weighted by atomic mass is 10.1. The smallest absolute Gasteiger partial charge is 0.322 e. The maximum absolute atomic E-state index is 12.9. The van der Waals surface area contributed by atoms with Gasteiger partial charge in [-0.3, -0.25) is 4.79 Å². The molecule has 2 aromatic carbocycles. The third-order valence-electron chi connectivity index (χ3n) is 3.58. The van der Waals surface area contributed by atoms with Crippen molar-refractivity contribution in [1.82, 2.24) is 10.2 Å². The predicted molar refractivity (Wildman–Crippen MR) is 89.0 cm³/mol. The lowest BCUT2D eigenvalue weighted by molar-refractivity contribution is -0.0688. The Bertz CT molecular complexity index is 953. The average Bonchev–Trinajstić information content (AvgIpc) is 2.60. The number of fused-ring (bicyclic) bond motifs is 1. The van der Waals surface area contributed by atoms with Crippen molar-refractivity contribution in [2.45, 2.75) is 6.18 Å². The summed E-state index contributed by atoms with van der Waals surface area (Å²) in [4.78, 5) is 12.2. The van der Waals surface area contributed by atoms with E-state index in [9.17, 15) is 18.0 Å². The van der Waals surface area contributed by atoms with Crippen LogP contribution in [-0.4, -0.2) is 22.3 Å². The standard InChI is InChI=1S/C18H12F3N3O/c1-11(18(19,20)21)16-15-8-7-14(9-13(15)10-22-24-16)23-17(25)12-5-3-2-4-6-12/h2-10H,1H2,(H,23,25). The minimum atomic E-state index is -4.59. The fourth-order valence-electron chi connectivity index (χ4n) is 2.32. The molecule has 0 aliphatic carbocycles. The molecular weight excluding hydrogens is 331 g/mol. The number of hydrogen-bond acceptors (Lipinski definition) is 3. The van der Waals surface area contributed by atoms with Gasteiger partial charge in [-0.1, -0.05) is 30.8 Å². The summed E-state index contributed by atoms with van der Waals surface area (Å²) in [5.41, 5.74) is -0.475. The van der Waals surface area contributed by atoms with E-state index in [0.29, 0.717) is 16.6 Å². The van der Waals surface area contributed by atoms with Crippen molar-refractivity contribution in [2.75, 3.05) is 5.32 Å². The second-order valence-electron chi connectivity index (χ2n) is 5.29. The van der Waals surface area contributed by atoms with Crippen LogP contribution in [0.2, 0.25) is 0 Å². The van der Waals surface area contributed by atoms with Crippen LogP contribution in [0.25, 0.3) is 16.3 Å². The van der Waals surface area contributed by atoms with Crippen molar-refractivity contribution in [3.63, 3.8) is 0 Å². The Morgan fingerprint density at radius 2 is 1.80 bits per heavy atom. The van der Waals surface area contributed by atoms with Crippen LogP contribution in [0, 0.1) is 0 Å². The van der Waals surface area contributed by atoms with Gasteiger partial charge in [-0.05, 0) is 24.3 Å². The maximum Gasteiger partial charge on any atom is 0.418 e. The van der Waals surface area contributed by atoms with Crippen LogP contribution in [0.15, 0.2) is 61.3 Å². The van der Waals surface area contributed by atoms with E-state index >= 15 is 0 Å². The van der Waals surface area contributed by atoms with Crippen molar-refractivity contribution in [1.29, 1.82) is 0 Å². The Balaban J connectivity index is 1.94. The Morgan fingerprint density at radius 1 is 1.08 bits per heavy atom. The van der Waals surface area contributed by atoms with Gasteiger partial charge in [0.1, 0.15) is 5.69 Å². The maximum atomic E-state index is 12.9. The molecule has 0 saturated heterocycles. The number of carbonyl (C=O) groups excluding carboxylic acids is 1. The fraction of sp³-hybridized carbons (Fsp3) is 0.0556. The zero-order chi connectivity index (χ0) is 18.0. The summed E-state index contributed by atoms with van der Waals surface area (Å²) < 4.78 is 38.6. The SMILES string of the molecule is C=C(c1nncc2cc(NC(=O)c3ccccc3)ccc12)C(F)(F)F. The van der Waals surface area contributed by atoms with Crippen LogP contribution in [0.1, 0.15) is 16.1 Å². The Morgan fingerprint density at radius 3 is 2.48 bits per heavy atom. The molecule has 1 N–H and O–H groups in total. The Kier molecular flexibility index (Phi) is 4.22. The molecule has 0 spiro atoms. The summed E-state index contributed by atoms with van der Waals surface area (Å²) in [6.45, 7) is 3.06. The van der Waals surface area contributed by atoms with Crippen molar-refractivity contribution in [3.05, 3.63) is 72.6 Å². The quantitative estimate of drug-likeness (QED) is 0.764. The van der Waals surface area contributed by atoms with E-state index in [1.807, 2.05) is 0 Å². The van der Waals surface area contributed by atoms with Crippen LogP contribution in [0.4, 0.5) is 18.9 Å². The third-order valence-corrected chi connectivity index (χ3v) is 3.58. The van der Waals surface area contributed by atoms with Gasteiger partial charge in [0, 0.05) is 22.0 Å². The van der Waals surface area contributed by atoms with Gasteiger partial charge in [0.2, 0.25) is 0 Å². The number of hydrogen-bond donors (Lipinski definition) is 1. The van der Waals surface area contributed by atoms with Gasteiger partial charge in [0.05, 0.1) is 11.8 Å². The lowest BCUT2D eigenvalue weighted by Gasteiger charge is -2.12. The lowest BCUT2D eigenvalue weighted by Crippen LogP contribution is -2.12. The molecule has 0 aliphatic rings. The van der Waals surface area contributed by atoms with Crippen LogP contribution in [0.3, 0.4) is 0 Å². The molecule has 0 atom stereocenters. The van der Waals surface area contributed by atoms with E-state index in [2.05, 4.69) is 22.1 Å². The molecule has 1 amide bonds. The minimum absolute atomic E-state index is 0.259. The van der Waals surface area contributed by atoms with Crippen molar-refractivity contribution in [3.8, 4) is 0 Å². The van der Waals surface area contributed by atoms with Crippen molar-refractivity contribution >= 4 is 27.9 Å². The number of amides is 1. The number of nitrogens with one attached hydrogen (secondary N) is 1. The minimum Gasteiger partial charge on any atom is -0.322 e. The average molecular weight is 343 g/mol. The van der Waals surface area contributed by atoms with E-state index in [1.54, 1.807) is 30.3 Å². The summed E-state index contributed by atoms with van der Waals surface area (Å²) >= 11 is 0. The summed E-state index contributed by atoms with van der Waals surface area (Å²) in [7, 11) is 0. The second-order valence-corrected chi connectivity index (χ2v) is 5.29. The molecule has 25 heavy (non-hydrogen) atoms. The van der Waals surface area contributed by atoms with Gasteiger partial charge >= 0.3 is 6.18 Å². The third kappa shape index (κ3) is 3.50. The Labute approximate surface area is 141 Å². The molecule has 7 heteroatoms. The molecule has 1 heterocycles. The van der Waals surface area contributed by atoms with E-state index in [4.69, 9.17) is 0 Å². The molecule has 1 aromatic heterocycles. The number of halogens is 3. The first-order valence-electron chi connectivity index (χ1n) is 7.24. The topological polar surface area (TPSA) is 54.9 Å². The highest BCUT2D eigenvalue weighted by molar-refractivity contribution is 6.05. The summed E-state index contributed by atoms with van der Waals surface area (Å²) in [5, 5.41) is 10.5. The highest BCUT2D eigenvalue weighted by atomic mass is 19.4. The number of anilines is 1. The van der Waals surface area contributed by atoms with Crippen molar-refractivity contribution < 1.29 is 18.0 Å². The number of allylic oxidation sites excluding steroid dienone is 1. The van der Waals surface area contributed by atoms with Gasteiger partial charge in [0.25, 0.3) is 5.91 Å². The molecule has 126 valence electrons. The summed E-state index contributed by atoms with van der Waals surface area (Å²) in [5.74, 6) is -0.318. The van der Waals surface area contributed by atoms with Gasteiger partial charge in [-0.25, -0.2) is 0 Å². The van der Waals surface area contributed by atoms with Crippen LogP contribution < -0.4 is 5.32 Å². The first-order chi connectivity index (χ1) is 11.9. The molecule has 0 saturated carbocycles. The van der Waals surface area contributed by atoms with E-state index in [-0.39, 0.29) is 17.0 Å². The normalized spacial score (nSPS) is 11.3. The molecule has 0 bridgehead atoms. The monoisotopic (exact) mass is 343 g/mol. The van der Waals surface area contributed by atoms with Gasteiger partial charge in [-0.2, -0.15) is 18.3 Å². The number of nitrogens with zero attached hydrogens (tertiary/aromatic N) is 2. The second kappa shape index (κ2) is 6.35. The molecule has 3 rings (SSSR count). The predicted octanol–water partition coefficient (Wildman–Crippen LogP) is 4.46. The van der Waals surface area contributed by atoms with Gasteiger partial charge < -0.3 is 5.32 Å². The van der Waals surface area contributed by atoms with Crippen molar-refractivity contribution in [2.24, 2.45) is 0 Å². The van der Waals surface area contributed by atoms with E-state index in [1.165, 1.54) is 24.4 Å². The number of rotatable bonds is 3. The van der Waals surface area contributed by atoms with E-state index < -0.39 is 11.7 Å². The van der Waals surface area contributed by atoms with Crippen LogP contribution in [0.5, 0.6) is 0 Å². The first-order valence-corrected chi connectivity index (χ1v) is 7.24. The van der Waals surface area contributed by atoms with Gasteiger partial charge in [0.15, 0.2) is 0 Å². The molecule has 4 nitrogen and oxygen atoms in total. The first kappa shape index (κ1) is 16.6. The summed E-state index contributed by atoms with van der Waals surface area (Å²) in [6.07, 6.45) is -3.26. The molecule has 0 unspecified atom stereocenters. The summed E-state index contributed by atoms with van der Waals surface area (Å²) in [6, 6.07) is 13.1. The highest BCUT2D eigenvalue weighted by Crippen LogP contribution is 2.34. The van der Waals surface area contributed by atoms with Crippen LogP contribution in [-0.2, 0) is 0 Å². The van der Waals surface area contributed by atoms with Crippen LogP contribution >= 0.6 is 0 Å². The van der Waals surface area contributed by atoms with E-state index in [0.717, 1.165) is 0 Å². The number of alkyl halides is 3. The molecular formula is C18H12F3N3O. The number of carbonyl (C=O) groups is 1. The molecule has 0 radical (unpaired) electrons. The Hall–Kier alpha value is -3.22.